The van der Waals surface area contributed by atoms with E-state index in [1.54, 1.807) is 38.1 Å². The molecule has 0 saturated carbocycles. The van der Waals surface area contributed by atoms with Gasteiger partial charge in [0.1, 0.15) is 5.84 Å². The molecule has 0 aliphatic carbocycles. The molecule has 0 radical (unpaired) electrons. The van der Waals surface area contributed by atoms with Crippen molar-refractivity contribution in [2.75, 3.05) is 13.2 Å². The number of hydrogen-bond donors (Lipinski definition) is 3. The van der Waals surface area contributed by atoms with E-state index in [1.807, 2.05) is 0 Å². The van der Waals surface area contributed by atoms with Crippen molar-refractivity contribution >= 4 is 23.7 Å². The lowest BCUT2D eigenvalue weighted by Gasteiger charge is -2.27. The van der Waals surface area contributed by atoms with E-state index in [4.69, 9.17) is 20.6 Å². The maximum Gasteiger partial charge on any atom is 0.324 e. The second-order valence-corrected chi connectivity index (χ2v) is 5.70. The Balaban J connectivity index is 3.12. The number of ether oxygens (including phenoxy) is 2. The van der Waals surface area contributed by atoms with Crippen LogP contribution >= 0.6 is 0 Å². The van der Waals surface area contributed by atoms with Crippen molar-refractivity contribution < 1.29 is 29.0 Å². The largest absolute Gasteiger partial charge is 0.481 e. The standard InChI is InChI=1S/C18H24N2O6/c1-3-25-16(23)18(11-14(21)22,17(24)26-4-2)10-9-12-5-7-13(8-6-12)15(19)20/h5-8H,3-4,9-11H2,1-2H3,(H3,19,20)(H,21,22). The molecule has 0 spiro atoms. The summed E-state index contributed by atoms with van der Waals surface area (Å²) in [7, 11) is 0. The maximum atomic E-state index is 12.5. The maximum absolute atomic E-state index is 12.5. The molecule has 0 unspecified atom stereocenters. The number of nitrogens with two attached hydrogens (primary N) is 1. The first-order valence-corrected chi connectivity index (χ1v) is 8.26. The first-order chi connectivity index (χ1) is 12.3. The van der Waals surface area contributed by atoms with Crippen LogP contribution in [0.3, 0.4) is 0 Å². The minimum atomic E-state index is -1.91. The van der Waals surface area contributed by atoms with E-state index < -0.39 is 29.7 Å². The van der Waals surface area contributed by atoms with Crippen molar-refractivity contribution in [3.63, 3.8) is 0 Å². The number of benzene rings is 1. The van der Waals surface area contributed by atoms with Crippen molar-refractivity contribution in [2.45, 2.75) is 33.1 Å². The molecule has 4 N–H and O–H groups in total. The van der Waals surface area contributed by atoms with E-state index in [9.17, 15) is 19.5 Å². The van der Waals surface area contributed by atoms with Crippen molar-refractivity contribution in [1.29, 1.82) is 5.41 Å². The Bertz CT molecular complexity index is 651. The van der Waals surface area contributed by atoms with Crippen LogP contribution in [0.25, 0.3) is 0 Å². The van der Waals surface area contributed by atoms with Crippen LogP contribution in [0.5, 0.6) is 0 Å². The molecule has 0 heterocycles. The number of nitrogens with one attached hydrogen (secondary N) is 1. The smallest absolute Gasteiger partial charge is 0.324 e. The van der Waals surface area contributed by atoms with Crippen molar-refractivity contribution in [2.24, 2.45) is 11.1 Å². The fourth-order valence-electron chi connectivity index (χ4n) is 2.53. The second-order valence-electron chi connectivity index (χ2n) is 5.70. The molecule has 1 rings (SSSR count). The van der Waals surface area contributed by atoms with Crippen molar-refractivity contribution in [3.05, 3.63) is 35.4 Å². The number of rotatable bonds is 10. The summed E-state index contributed by atoms with van der Waals surface area (Å²) < 4.78 is 9.93. The van der Waals surface area contributed by atoms with E-state index >= 15 is 0 Å². The van der Waals surface area contributed by atoms with Gasteiger partial charge in [0.15, 0.2) is 5.41 Å². The zero-order chi connectivity index (χ0) is 19.7. The molecule has 142 valence electrons. The Kier molecular flexibility index (Phi) is 7.77. The van der Waals surface area contributed by atoms with Crippen LogP contribution in [0.1, 0.15) is 37.8 Å². The molecule has 8 nitrogen and oxygen atoms in total. The first kappa shape index (κ1) is 21.1. The molecule has 26 heavy (non-hydrogen) atoms. The molecule has 0 amide bonds. The molecule has 0 aliphatic heterocycles. The summed E-state index contributed by atoms with van der Waals surface area (Å²) in [5.41, 5.74) is 4.80. The number of carboxylic acid groups (broad SMARTS) is 1. The fourth-order valence-corrected chi connectivity index (χ4v) is 2.53. The minimum Gasteiger partial charge on any atom is -0.481 e. The van der Waals surface area contributed by atoms with Crippen molar-refractivity contribution in [3.8, 4) is 0 Å². The van der Waals surface area contributed by atoms with Gasteiger partial charge >= 0.3 is 17.9 Å². The van der Waals surface area contributed by atoms with Gasteiger partial charge in [0.05, 0.1) is 19.6 Å². The van der Waals surface area contributed by atoms with Gasteiger partial charge in [-0.3, -0.25) is 19.8 Å². The lowest BCUT2D eigenvalue weighted by molar-refractivity contribution is -0.176. The third kappa shape index (κ3) is 5.30. The highest BCUT2D eigenvalue weighted by Gasteiger charge is 2.50. The van der Waals surface area contributed by atoms with Gasteiger partial charge in [-0.25, -0.2) is 0 Å². The highest BCUT2D eigenvalue weighted by Crippen LogP contribution is 2.32. The lowest BCUT2D eigenvalue weighted by atomic mass is 9.78. The number of carbonyl (C=O) groups excluding carboxylic acids is 2. The van der Waals surface area contributed by atoms with Gasteiger partial charge in [-0.15, -0.1) is 0 Å². The average Bonchev–Trinajstić information content (AvgIpc) is 2.59. The topological polar surface area (TPSA) is 140 Å². The Morgan fingerprint density at radius 2 is 1.58 bits per heavy atom. The predicted octanol–water partition coefficient (Wildman–Crippen LogP) is 1.49. The monoisotopic (exact) mass is 364 g/mol. The lowest BCUT2D eigenvalue weighted by Crippen LogP contribution is -2.44. The summed E-state index contributed by atoms with van der Waals surface area (Å²) >= 11 is 0. The number of nitrogen functional groups attached to an aromatic ring is 1. The summed E-state index contributed by atoms with van der Waals surface area (Å²) in [5.74, 6) is -3.17. The number of amidine groups is 1. The van der Waals surface area contributed by atoms with E-state index in [-0.39, 0.29) is 31.9 Å². The van der Waals surface area contributed by atoms with Crippen LogP contribution in [0, 0.1) is 10.8 Å². The molecule has 8 heteroatoms. The van der Waals surface area contributed by atoms with Crippen LogP contribution in [-0.4, -0.2) is 42.1 Å². The summed E-state index contributed by atoms with van der Waals surface area (Å²) in [6.07, 6.45) is -0.532. The molecule has 0 aromatic heterocycles. The highest BCUT2D eigenvalue weighted by molar-refractivity contribution is 6.03. The minimum absolute atomic E-state index is 0.0207. The molecule has 0 atom stereocenters. The molecule has 1 aromatic rings. The predicted molar refractivity (Wildman–Crippen MR) is 93.7 cm³/mol. The van der Waals surface area contributed by atoms with Crippen molar-refractivity contribution in [1.82, 2.24) is 0 Å². The SMILES string of the molecule is CCOC(=O)C(CCc1ccc(C(=N)N)cc1)(CC(=O)O)C(=O)OCC. The molecule has 0 aliphatic rings. The zero-order valence-corrected chi connectivity index (χ0v) is 14.9. The molecular weight excluding hydrogens is 340 g/mol. The van der Waals surface area contributed by atoms with Crippen LogP contribution in [-0.2, 0) is 30.3 Å². The van der Waals surface area contributed by atoms with E-state index in [2.05, 4.69) is 0 Å². The Morgan fingerprint density at radius 3 is 1.96 bits per heavy atom. The number of aliphatic carboxylic acids is 1. The second kappa shape index (κ2) is 9.55. The number of aryl methyl sites for hydroxylation is 1. The third-order valence-corrected chi connectivity index (χ3v) is 3.89. The van der Waals surface area contributed by atoms with Gasteiger partial charge in [0.2, 0.25) is 0 Å². The zero-order valence-electron chi connectivity index (χ0n) is 14.9. The normalized spacial score (nSPS) is 10.8. The molecule has 0 fully saturated rings. The summed E-state index contributed by atoms with van der Waals surface area (Å²) in [6.45, 7) is 3.20. The third-order valence-electron chi connectivity index (χ3n) is 3.89. The van der Waals surface area contributed by atoms with Gasteiger partial charge in [-0.2, -0.15) is 0 Å². The Labute approximate surface area is 151 Å². The molecule has 0 saturated heterocycles. The number of carboxylic acids is 1. The number of esters is 2. The van der Waals surface area contributed by atoms with Crippen LogP contribution in [0.15, 0.2) is 24.3 Å². The quantitative estimate of drug-likeness (QED) is 0.247. The number of hydrogen-bond acceptors (Lipinski definition) is 6. The van der Waals surface area contributed by atoms with Gasteiger partial charge in [-0.05, 0) is 32.3 Å². The molecule has 1 aromatic carbocycles. The first-order valence-electron chi connectivity index (χ1n) is 8.26. The highest BCUT2D eigenvalue weighted by atomic mass is 16.6. The van der Waals surface area contributed by atoms with E-state index in [0.717, 1.165) is 5.56 Å². The fraction of sp³-hybridized carbons (Fsp3) is 0.444. The summed E-state index contributed by atoms with van der Waals surface area (Å²) in [5, 5.41) is 16.6. The van der Waals surface area contributed by atoms with Gasteiger partial charge in [0, 0.05) is 5.56 Å². The Hall–Kier alpha value is -2.90. The van der Waals surface area contributed by atoms with E-state index in [0.29, 0.717) is 5.56 Å². The average molecular weight is 364 g/mol. The number of carbonyl (C=O) groups is 3. The molecular formula is C18H24N2O6. The van der Waals surface area contributed by atoms with Crippen LogP contribution in [0.4, 0.5) is 0 Å². The summed E-state index contributed by atoms with van der Waals surface area (Å²) in [6, 6.07) is 6.70. The van der Waals surface area contributed by atoms with Crippen LogP contribution < -0.4 is 5.73 Å². The van der Waals surface area contributed by atoms with Gasteiger partial charge in [0.25, 0.3) is 0 Å². The van der Waals surface area contributed by atoms with Crippen LogP contribution in [0.2, 0.25) is 0 Å². The van der Waals surface area contributed by atoms with E-state index in [1.165, 1.54) is 0 Å². The van der Waals surface area contributed by atoms with Gasteiger partial charge < -0.3 is 20.3 Å². The summed E-state index contributed by atoms with van der Waals surface area (Å²) in [4.78, 5) is 36.2. The Morgan fingerprint density at radius 1 is 1.08 bits per heavy atom. The van der Waals surface area contributed by atoms with Gasteiger partial charge in [-0.1, -0.05) is 24.3 Å². The molecule has 0 bridgehead atoms.